The zero-order valence-corrected chi connectivity index (χ0v) is 14.1. The second-order valence-corrected chi connectivity index (χ2v) is 6.34. The van der Waals surface area contributed by atoms with Gasteiger partial charge >= 0.3 is 0 Å². The van der Waals surface area contributed by atoms with Crippen molar-refractivity contribution in [2.75, 3.05) is 6.54 Å². The van der Waals surface area contributed by atoms with E-state index in [1.165, 1.54) is 0 Å². The molecule has 4 heteroatoms. The highest BCUT2D eigenvalue weighted by Gasteiger charge is 2.23. The fourth-order valence-electron chi connectivity index (χ4n) is 2.25. The van der Waals surface area contributed by atoms with Crippen molar-refractivity contribution in [3.8, 4) is 0 Å². The molecule has 1 unspecified atom stereocenters. The summed E-state index contributed by atoms with van der Waals surface area (Å²) in [5, 5.41) is 3.86. The Kier molecular flexibility index (Phi) is 5.38. The summed E-state index contributed by atoms with van der Waals surface area (Å²) in [5.41, 5.74) is 1.92. The van der Waals surface area contributed by atoms with Gasteiger partial charge in [-0.3, -0.25) is 4.79 Å². The van der Waals surface area contributed by atoms with Gasteiger partial charge in [-0.1, -0.05) is 41.1 Å². The molecular weight excluding hydrogens is 334 g/mol. The van der Waals surface area contributed by atoms with E-state index < -0.39 is 0 Å². The SMILES string of the molecule is CCCN(C(=O)c1ccsc1)C(C)c1ccccc1Br. The lowest BCUT2D eigenvalue weighted by Crippen LogP contribution is -2.34. The largest absolute Gasteiger partial charge is 0.332 e. The third kappa shape index (κ3) is 3.30. The minimum Gasteiger partial charge on any atom is -0.332 e. The van der Waals surface area contributed by atoms with E-state index in [0.29, 0.717) is 0 Å². The minimum absolute atomic E-state index is 0.0536. The molecule has 20 heavy (non-hydrogen) atoms. The number of rotatable bonds is 5. The van der Waals surface area contributed by atoms with E-state index >= 15 is 0 Å². The van der Waals surface area contributed by atoms with Gasteiger partial charge in [-0.2, -0.15) is 11.3 Å². The third-order valence-corrected chi connectivity index (χ3v) is 4.72. The second-order valence-electron chi connectivity index (χ2n) is 4.71. The Morgan fingerprint density at radius 2 is 2.10 bits per heavy atom. The fourth-order valence-corrected chi connectivity index (χ4v) is 3.49. The van der Waals surface area contributed by atoms with Crippen LogP contribution in [0.3, 0.4) is 0 Å². The van der Waals surface area contributed by atoms with Crippen molar-refractivity contribution in [1.29, 1.82) is 0 Å². The molecule has 0 saturated heterocycles. The second kappa shape index (κ2) is 7.04. The van der Waals surface area contributed by atoms with Gasteiger partial charge in [0.15, 0.2) is 0 Å². The lowest BCUT2D eigenvalue weighted by atomic mass is 10.1. The maximum atomic E-state index is 12.6. The summed E-state index contributed by atoms with van der Waals surface area (Å²) in [7, 11) is 0. The van der Waals surface area contributed by atoms with Gasteiger partial charge in [0.1, 0.15) is 0 Å². The highest BCUT2D eigenvalue weighted by molar-refractivity contribution is 9.10. The maximum Gasteiger partial charge on any atom is 0.255 e. The van der Waals surface area contributed by atoms with Gasteiger partial charge in [0.05, 0.1) is 11.6 Å². The fraction of sp³-hybridized carbons (Fsp3) is 0.312. The van der Waals surface area contributed by atoms with Gasteiger partial charge in [-0.25, -0.2) is 0 Å². The number of thiophene rings is 1. The number of hydrogen-bond acceptors (Lipinski definition) is 2. The molecule has 0 fully saturated rings. The molecule has 0 aliphatic heterocycles. The van der Waals surface area contributed by atoms with Crippen LogP contribution in [0, 0.1) is 0 Å². The van der Waals surface area contributed by atoms with Crippen molar-refractivity contribution in [3.63, 3.8) is 0 Å². The third-order valence-electron chi connectivity index (χ3n) is 3.32. The maximum absolute atomic E-state index is 12.6. The molecule has 0 saturated carbocycles. The highest BCUT2D eigenvalue weighted by Crippen LogP contribution is 2.29. The van der Waals surface area contributed by atoms with Gasteiger partial charge in [0, 0.05) is 16.4 Å². The Morgan fingerprint density at radius 1 is 1.35 bits per heavy atom. The average molecular weight is 352 g/mol. The molecule has 0 spiro atoms. The number of amides is 1. The summed E-state index contributed by atoms with van der Waals surface area (Å²) in [6.07, 6.45) is 0.949. The van der Waals surface area contributed by atoms with Crippen molar-refractivity contribution < 1.29 is 4.79 Å². The Balaban J connectivity index is 2.29. The number of benzene rings is 1. The predicted molar refractivity (Wildman–Crippen MR) is 88.2 cm³/mol. The first-order valence-electron chi connectivity index (χ1n) is 6.72. The molecule has 1 aromatic heterocycles. The molecule has 1 atom stereocenters. The first-order chi connectivity index (χ1) is 9.65. The lowest BCUT2D eigenvalue weighted by Gasteiger charge is -2.29. The van der Waals surface area contributed by atoms with E-state index in [2.05, 4.69) is 35.8 Å². The standard InChI is InChI=1S/C16H18BrNOS/c1-3-9-18(16(19)13-8-10-20-11-13)12(2)14-6-4-5-7-15(14)17/h4-8,10-12H,3,9H2,1-2H3. The van der Waals surface area contributed by atoms with E-state index in [-0.39, 0.29) is 11.9 Å². The number of hydrogen-bond donors (Lipinski definition) is 0. The summed E-state index contributed by atoms with van der Waals surface area (Å²) < 4.78 is 1.05. The van der Waals surface area contributed by atoms with Crippen LogP contribution in [0.4, 0.5) is 0 Å². The molecule has 106 valence electrons. The summed E-state index contributed by atoms with van der Waals surface area (Å²) in [4.78, 5) is 14.6. The topological polar surface area (TPSA) is 20.3 Å². The van der Waals surface area contributed by atoms with Crippen LogP contribution < -0.4 is 0 Å². The number of carbonyl (C=O) groups excluding carboxylic acids is 1. The van der Waals surface area contributed by atoms with Crippen LogP contribution in [0.1, 0.15) is 42.2 Å². The zero-order chi connectivity index (χ0) is 14.5. The van der Waals surface area contributed by atoms with Crippen LogP contribution in [-0.4, -0.2) is 17.4 Å². The van der Waals surface area contributed by atoms with Gasteiger partial charge in [-0.05, 0) is 36.4 Å². The first kappa shape index (κ1) is 15.3. The molecule has 1 amide bonds. The molecular formula is C16H18BrNOS. The number of nitrogens with zero attached hydrogens (tertiary/aromatic N) is 1. The molecule has 2 nitrogen and oxygen atoms in total. The van der Waals surface area contributed by atoms with Crippen molar-refractivity contribution in [1.82, 2.24) is 4.90 Å². The Morgan fingerprint density at radius 3 is 2.70 bits per heavy atom. The summed E-state index contributed by atoms with van der Waals surface area (Å²) in [6.45, 7) is 4.94. The zero-order valence-electron chi connectivity index (χ0n) is 11.7. The molecule has 1 aromatic carbocycles. The molecule has 0 aliphatic rings. The Bertz CT molecular complexity index is 568. The quantitative estimate of drug-likeness (QED) is 0.731. The van der Waals surface area contributed by atoms with E-state index in [1.807, 2.05) is 39.9 Å². The first-order valence-corrected chi connectivity index (χ1v) is 8.46. The molecule has 0 N–H and O–H groups in total. The molecule has 2 rings (SSSR count). The smallest absolute Gasteiger partial charge is 0.255 e. The summed E-state index contributed by atoms with van der Waals surface area (Å²) in [6, 6.07) is 10.0. The molecule has 1 heterocycles. The Labute approximate surface area is 132 Å². The monoisotopic (exact) mass is 351 g/mol. The normalized spacial score (nSPS) is 12.2. The van der Waals surface area contributed by atoms with E-state index in [0.717, 1.165) is 28.6 Å². The van der Waals surface area contributed by atoms with Crippen LogP contribution in [0.25, 0.3) is 0 Å². The summed E-state index contributed by atoms with van der Waals surface area (Å²) in [5.74, 6) is 0.108. The minimum atomic E-state index is 0.0536. The highest BCUT2D eigenvalue weighted by atomic mass is 79.9. The van der Waals surface area contributed by atoms with Crippen molar-refractivity contribution in [2.45, 2.75) is 26.3 Å². The molecule has 0 bridgehead atoms. The lowest BCUT2D eigenvalue weighted by molar-refractivity contribution is 0.0691. The van der Waals surface area contributed by atoms with Crippen LogP contribution in [0.2, 0.25) is 0 Å². The van der Waals surface area contributed by atoms with Crippen molar-refractivity contribution in [2.24, 2.45) is 0 Å². The van der Waals surface area contributed by atoms with Crippen LogP contribution in [0.15, 0.2) is 45.6 Å². The van der Waals surface area contributed by atoms with Crippen molar-refractivity contribution in [3.05, 3.63) is 56.7 Å². The number of carbonyl (C=O) groups is 1. The van der Waals surface area contributed by atoms with Crippen LogP contribution in [-0.2, 0) is 0 Å². The molecule has 0 radical (unpaired) electrons. The van der Waals surface area contributed by atoms with Crippen LogP contribution >= 0.6 is 27.3 Å². The average Bonchev–Trinajstić information content (AvgIpc) is 2.98. The predicted octanol–water partition coefficient (Wildman–Crippen LogP) is 5.12. The van der Waals surface area contributed by atoms with Crippen molar-refractivity contribution >= 4 is 33.2 Å². The Hall–Kier alpha value is -1.13. The van der Waals surface area contributed by atoms with Gasteiger partial charge < -0.3 is 4.90 Å². The van der Waals surface area contributed by atoms with Crippen LogP contribution in [0.5, 0.6) is 0 Å². The van der Waals surface area contributed by atoms with Gasteiger partial charge in [-0.15, -0.1) is 0 Å². The summed E-state index contributed by atoms with van der Waals surface area (Å²) >= 11 is 5.14. The molecule has 0 aliphatic carbocycles. The number of halogens is 1. The molecule has 2 aromatic rings. The van der Waals surface area contributed by atoms with Gasteiger partial charge in [0.2, 0.25) is 0 Å². The van der Waals surface area contributed by atoms with Gasteiger partial charge in [0.25, 0.3) is 5.91 Å². The van der Waals surface area contributed by atoms with E-state index in [4.69, 9.17) is 0 Å². The van der Waals surface area contributed by atoms with E-state index in [9.17, 15) is 4.79 Å². The van der Waals surface area contributed by atoms with E-state index in [1.54, 1.807) is 11.3 Å².